The molecule has 0 bridgehead atoms. The summed E-state index contributed by atoms with van der Waals surface area (Å²) in [6.07, 6.45) is 3.28. The maximum atomic E-state index is 11.7. The summed E-state index contributed by atoms with van der Waals surface area (Å²) in [6, 6.07) is 1.86. The Balaban J connectivity index is 1.97. The van der Waals surface area contributed by atoms with Crippen molar-refractivity contribution >= 4 is 21.8 Å². The minimum Gasteiger partial charge on any atom is -0.351 e. The molecule has 1 amide bonds. The lowest BCUT2D eigenvalue weighted by molar-refractivity contribution is 0.0901. The molecule has 1 N–H and O–H groups in total. The molecule has 15 heavy (non-hydrogen) atoms. The van der Waals surface area contributed by atoms with Crippen molar-refractivity contribution in [1.29, 1.82) is 0 Å². The van der Waals surface area contributed by atoms with Crippen LogP contribution in [0, 0.1) is 6.92 Å². The van der Waals surface area contributed by atoms with E-state index < -0.39 is 0 Å². The van der Waals surface area contributed by atoms with Gasteiger partial charge in [0.1, 0.15) is 0 Å². The van der Waals surface area contributed by atoms with Crippen LogP contribution in [-0.4, -0.2) is 21.9 Å². The molecule has 1 heterocycles. The molecule has 0 spiro atoms. The van der Waals surface area contributed by atoms with Crippen LogP contribution < -0.4 is 5.32 Å². The molecule has 1 fully saturated rings. The summed E-state index contributed by atoms with van der Waals surface area (Å²) in [4.78, 5) is 12.1. The number of alkyl halides is 1. The lowest BCUT2D eigenvalue weighted by atomic mass is 10.2. The molecule has 2 unspecified atom stereocenters. The third-order valence-corrected chi connectivity index (χ3v) is 3.70. The number of carbonyl (C=O) groups excluding carboxylic acids is 1. The molecule has 0 radical (unpaired) electrons. The molecule has 1 aliphatic carbocycles. The fourth-order valence-corrected chi connectivity index (χ4v) is 2.51. The summed E-state index contributed by atoms with van der Waals surface area (Å²) in [7, 11) is 0. The van der Waals surface area contributed by atoms with E-state index in [9.17, 15) is 4.79 Å². The fraction of sp³-hybridized carbons (Fsp3) is 0.600. The number of hydrogen-bond acceptors (Lipinski definition) is 3. The zero-order chi connectivity index (χ0) is 10.8. The van der Waals surface area contributed by atoms with Crippen molar-refractivity contribution in [3.05, 3.63) is 17.5 Å². The van der Waals surface area contributed by atoms with Crippen LogP contribution in [0.4, 0.5) is 0 Å². The summed E-state index contributed by atoms with van der Waals surface area (Å²) in [6.45, 7) is 1.79. The number of aryl methyl sites for hydroxylation is 1. The van der Waals surface area contributed by atoms with E-state index in [1.807, 2.05) is 0 Å². The van der Waals surface area contributed by atoms with Crippen LogP contribution in [0.2, 0.25) is 0 Å². The Hall–Kier alpha value is -0.840. The number of rotatable bonds is 2. The monoisotopic (exact) mass is 272 g/mol. The Bertz CT molecular complexity index is 364. The van der Waals surface area contributed by atoms with Gasteiger partial charge in [0.2, 0.25) is 5.76 Å². The lowest BCUT2D eigenvalue weighted by Gasteiger charge is -2.14. The molecule has 0 aromatic carbocycles. The summed E-state index contributed by atoms with van der Waals surface area (Å²) in [5.74, 6) is 0.117. The maximum Gasteiger partial charge on any atom is 0.290 e. The normalized spacial score (nSPS) is 25.5. The summed E-state index contributed by atoms with van der Waals surface area (Å²) < 4.78 is 4.89. The first-order valence-corrected chi connectivity index (χ1v) is 5.96. The van der Waals surface area contributed by atoms with E-state index in [1.54, 1.807) is 13.0 Å². The Labute approximate surface area is 96.5 Å². The number of nitrogens with one attached hydrogen (secondary N) is 1. The van der Waals surface area contributed by atoms with Crippen LogP contribution in [0.5, 0.6) is 0 Å². The molecule has 1 saturated carbocycles. The Kier molecular flexibility index (Phi) is 3.09. The average Bonchev–Trinajstić information content (AvgIpc) is 2.77. The Morgan fingerprint density at radius 2 is 2.47 bits per heavy atom. The van der Waals surface area contributed by atoms with Gasteiger partial charge in [-0.2, -0.15) is 0 Å². The molecular formula is C10H13BrN2O2. The highest BCUT2D eigenvalue weighted by molar-refractivity contribution is 9.09. The smallest absolute Gasteiger partial charge is 0.290 e. The Morgan fingerprint density at radius 3 is 3.00 bits per heavy atom. The highest BCUT2D eigenvalue weighted by Crippen LogP contribution is 2.25. The number of halogens is 1. The van der Waals surface area contributed by atoms with E-state index >= 15 is 0 Å². The molecule has 1 aliphatic rings. The molecule has 82 valence electrons. The Morgan fingerprint density at radius 1 is 1.67 bits per heavy atom. The van der Waals surface area contributed by atoms with E-state index in [1.165, 1.54) is 0 Å². The molecule has 0 saturated heterocycles. The number of aromatic nitrogens is 1. The number of carbonyl (C=O) groups is 1. The molecule has 2 rings (SSSR count). The van der Waals surface area contributed by atoms with Gasteiger partial charge in [-0.1, -0.05) is 27.5 Å². The van der Waals surface area contributed by atoms with Gasteiger partial charge in [-0.15, -0.1) is 0 Å². The second-order valence-corrected chi connectivity index (χ2v) is 5.04. The summed E-state index contributed by atoms with van der Waals surface area (Å²) in [5, 5.41) is 6.62. The SMILES string of the molecule is Cc1cc(C(=O)NC2CCCC2Br)on1. The van der Waals surface area contributed by atoms with Gasteiger partial charge in [0.25, 0.3) is 5.91 Å². The van der Waals surface area contributed by atoms with Crippen LogP contribution in [0.15, 0.2) is 10.6 Å². The van der Waals surface area contributed by atoms with Gasteiger partial charge in [0, 0.05) is 16.9 Å². The van der Waals surface area contributed by atoms with Crippen molar-refractivity contribution in [2.24, 2.45) is 0 Å². The van der Waals surface area contributed by atoms with Crippen molar-refractivity contribution < 1.29 is 9.32 Å². The van der Waals surface area contributed by atoms with Crippen molar-refractivity contribution in [2.45, 2.75) is 37.1 Å². The average molecular weight is 273 g/mol. The van der Waals surface area contributed by atoms with E-state index in [0.717, 1.165) is 25.0 Å². The number of nitrogens with zero attached hydrogens (tertiary/aromatic N) is 1. The number of hydrogen-bond donors (Lipinski definition) is 1. The second-order valence-electron chi connectivity index (χ2n) is 3.86. The second kappa shape index (κ2) is 4.35. The fourth-order valence-electron chi connectivity index (χ4n) is 1.79. The molecule has 1 aromatic rings. The van der Waals surface area contributed by atoms with Crippen molar-refractivity contribution in [1.82, 2.24) is 10.5 Å². The van der Waals surface area contributed by atoms with E-state index in [0.29, 0.717) is 10.6 Å². The van der Waals surface area contributed by atoms with Gasteiger partial charge < -0.3 is 9.84 Å². The third kappa shape index (κ3) is 2.40. The molecule has 0 aliphatic heterocycles. The van der Waals surface area contributed by atoms with Gasteiger partial charge >= 0.3 is 0 Å². The molecule has 5 heteroatoms. The zero-order valence-electron chi connectivity index (χ0n) is 8.50. The van der Waals surface area contributed by atoms with Crippen molar-refractivity contribution in [3.8, 4) is 0 Å². The molecule has 4 nitrogen and oxygen atoms in total. The molecule has 1 aromatic heterocycles. The predicted molar refractivity (Wildman–Crippen MR) is 59.1 cm³/mol. The van der Waals surface area contributed by atoms with Crippen molar-refractivity contribution in [2.75, 3.05) is 0 Å². The third-order valence-electron chi connectivity index (χ3n) is 2.60. The molecular weight excluding hydrogens is 260 g/mol. The van der Waals surface area contributed by atoms with Crippen LogP contribution in [-0.2, 0) is 0 Å². The zero-order valence-corrected chi connectivity index (χ0v) is 10.1. The van der Waals surface area contributed by atoms with E-state index in [2.05, 4.69) is 26.4 Å². The minimum atomic E-state index is -0.174. The van der Waals surface area contributed by atoms with Gasteiger partial charge in [0.15, 0.2) is 0 Å². The quantitative estimate of drug-likeness (QED) is 0.839. The highest BCUT2D eigenvalue weighted by Gasteiger charge is 2.27. The van der Waals surface area contributed by atoms with Gasteiger partial charge in [0.05, 0.1) is 5.69 Å². The molecule has 2 atom stereocenters. The summed E-state index contributed by atoms with van der Waals surface area (Å²) in [5.41, 5.74) is 0.724. The topological polar surface area (TPSA) is 55.1 Å². The summed E-state index contributed by atoms with van der Waals surface area (Å²) >= 11 is 3.55. The van der Waals surface area contributed by atoms with Crippen LogP contribution in [0.1, 0.15) is 35.5 Å². The largest absolute Gasteiger partial charge is 0.351 e. The predicted octanol–water partition coefficient (Wildman–Crippen LogP) is 2.03. The van der Waals surface area contributed by atoms with Crippen molar-refractivity contribution in [3.63, 3.8) is 0 Å². The van der Waals surface area contributed by atoms with Crippen LogP contribution >= 0.6 is 15.9 Å². The standard InChI is InChI=1S/C10H13BrN2O2/c1-6-5-9(15-13-6)10(14)12-8-4-2-3-7(8)11/h5,7-8H,2-4H2,1H3,(H,12,14). The highest BCUT2D eigenvalue weighted by atomic mass is 79.9. The van der Waals surface area contributed by atoms with Gasteiger partial charge in [-0.3, -0.25) is 4.79 Å². The van der Waals surface area contributed by atoms with Crippen LogP contribution in [0.25, 0.3) is 0 Å². The van der Waals surface area contributed by atoms with E-state index in [-0.39, 0.29) is 11.9 Å². The van der Waals surface area contributed by atoms with Gasteiger partial charge in [-0.25, -0.2) is 0 Å². The van der Waals surface area contributed by atoms with Gasteiger partial charge in [-0.05, 0) is 19.8 Å². The maximum absolute atomic E-state index is 11.7. The van der Waals surface area contributed by atoms with E-state index in [4.69, 9.17) is 4.52 Å². The first kappa shape index (κ1) is 10.7. The van der Waals surface area contributed by atoms with Crippen LogP contribution in [0.3, 0.4) is 0 Å². The minimum absolute atomic E-state index is 0.174. The number of amides is 1. The lowest BCUT2D eigenvalue weighted by Crippen LogP contribution is -2.37. The first-order chi connectivity index (χ1) is 7.16. The first-order valence-electron chi connectivity index (χ1n) is 5.05.